The Kier molecular flexibility index (Phi) is 5.22. The van der Waals surface area contributed by atoms with Gasteiger partial charge in [-0.25, -0.2) is 4.98 Å². The highest BCUT2D eigenvalue weighted by atomic mass is 79.9. The standard InChI is InChI=1S/C21H25BrN4O2S/c22-16-3-1-14(2-4-16)15-5-10-26(11-6-15)20-23-17-7-12-29(28)18(17)19(24-20)25-21(13-27)8-9-21/h1-4,15,27H,5-13H2,(H,23,24,25). The van der Waals surface area contributed by atoms with Crippen LogP contribution in [0.5, 0.6) is 0 Å². The molecule has 0 radical (unpaired) electrons. The van der Waals surface area contributed by atoms with E-state index in [1.54, 1.807) is 0 Å². The second-order valence-electron chi connectivity index (χ2n) is 8.32. The number of nitrogens with one attached hydrogen (secondary N) is 1. The number of halogens is 1. The van der Waals surface area contributed by atoms with Gasteiger partial charge in [-0.3, -0.25) is 0 Å². The molecule has 29 heavy (non-hydrogen) atoms. The van der Waals surface area contributed by atoms with Gasteiger partial charge in [0.25, 0.3) is 0 Å². The lowest BCUT2D eigenvalue weighted by molar-refractivity contribution is 0.265. The van der Waals surface area contributed by atoms with E-state index in [0.717, 1.165) is 66.2 Å². The van der Waals surface area contributed by atoms with Gasteiger partial charge in [-0.05, 0) is 60.5 Å². The van der Waals surface area contributed by atoms with Crippen LogP contribution in [-0.2, 0) is 17.6 Å². The van der Waals surface area contributed by atoms with Gasteiger partial charge in [0.15, 0.2) is 5.82 Å². The predicted octanol–water partition coefficient (Wildman–Crippen LogP) is 3.22. The molecule has 8 heteroatoms. The summed E-state index contributed by atoms with van der Waals surface area (Å²) in [7, 11) is 0. The van der Waals surface area contributed by atoms with Gasteiger partial charge in [0.05, 0.1) is 12.1 Å². The molecule has 1 aliphatic carbocycles. The molecule has 6 nitrogen and oxygen atoms in total. The maximum atomic E-state index is 12.5. The maximum absolute atomic E-state index is 12.5. The van der Waals surface area contributed by atoms with Crippen molar-refractivity contribution in [3.8, 4) is 0 Å². The lowest BCUT2D eigenvalue weighted by Gasteiger charge is -2.32. The number of aromatic nitrogens is 2. The van der Waals surface area contributed by atoms with Crippen LogP contribution < -0.4 is 10.2 Å². The summed E-state index contributed by atoms with van der Waals surface area (Å²) >= 11 is 2.45. The Balaban J connectivity index is 1.36. The molecule has 0 spiro atoms. The summed E-state index contributed by atoms with van der Waals surface area (Å²) in [6.45, 7) is 1.90. The van der Waals surface area contributed by atoms with Crippen molar-refractivity contribution in [3.05, 3.63) is 40.0 Å². The Morgan fingerprint density at radius 2 is 1.93 bits per heavy atom. The molecule has 0 bridgehead atoms. The van der Waals surface area contributed by atoms with Gasteiger partial charge in [-0.2, -0.15) is 4.98 Å². The smallest absolute Gasteiger partial charge is 0.227 e. The third-order valence-electron chi connectivity index (χ3n) is 6.33. The first kappa shape index (κ1) is 19.6. The van der Waals surface area contributed by atoms with Crippen LogP contribution in [0.25, 0.3) is 0 Å². The lowest BCUT2D eigenvalue weighted by atomic mass is 9.90. The van der Waals surface area contributed by atoms with Crippen LogP contribution in [0, 0.1) is 0 Å². The summed E-state index contributed by atoms with van der Waals surface area (Å²) in [6.07, 6.45) is 4.70. The minimum absolute atomic E-state index is 0.0757. The number of nitrogens with zero attached hydrogens (tertiary/aromatic N) is 3. The molecule has 154 valence electrons. The summed E-state index contributed by atoms with van der Waals surface area (Å²) in [5.74, 6) is 2.57. The molecule has 1 unspecified atom stereocenters. The summed E-state index contributed by atoms with van der Waals surface area (Å²) in [4.78, 5) is 12.6. The van der Waals surface area contributed by atoms with Gasteiger partial charge in [-0.15, -0.1) is 0 Å². The Morgan fingerprint density at radius 3 is 2.59 bits per heavy atom. The summed E-state index contributed by atoms with van der Waals surface area (Å²) in [5.41, 5.74) is 2.00. The Bertz CT molecular complexity index is 898. The number of hydrogen-bond acceptors (Lipinski definition) is 6. The largest absolute Gasteiger partial charge is 0.611 e. The first-order chi connectivity index (χ1) is 14.1. The highest BCUT2D eigenvalue weighted by Gasteiger charge is 2.45. The molecule has 3 aliphatic rings. The fraction of sp³-hybridized carbons (Fsp3) is 0.524. The van der Waals surface area contributed by atoms with Gasteiger partial charge in [0.2, 0.25) is 10.8 Å². The number of aliphatic hydroxyl groups is 1. The molecule has 1 aromatic heterocycles. The number of fused-ring (bicyclic) bond motifs is 1. The first-order valence-corrected chi connectivity index (χ1v) is 12.4. The number of rotatable bonds is 5. The second kappa shape index (κ2) is 7.72. The molecule has 2 fully saturated rings. The number of piperidine rings is 1. The molecule has 1 aromatic carbocycles. The van der Waals surface area contributed by atoms with E-state index in [9.17, 15) is 9.66 Å². The van der Waals surface area contributed by atoms with Crippen molar-refractivity contribution < 1.29 is 9.66 Å². The van der Waals surface area contributed by atoms with Gasteiger partial charge in [0, 0.05) is 24.0 Å². The van der Waals surface area contributed by atoms with Crippen LogP contribution in [0.3, 0.4) is 0 Å². The molecular formula is C21H25BrN4O2S. The number of anilines is 2. The topological polar surface area (TPSA) is 84.3 Å². The molecule has 0 amide bonds. The van der Waals surface area contributed by atoms with E-state index in [1.165, 1.54) is 5.56 Å². The average Bonchev–Trinajstić information content (AvgIpc) is 3.42. The summed E-state index contributed by atoms with van der Waals surface area (Å²) < 4.78 is 13.6. The molecule has 2 N–H and O–H groups in total. The third kappa shape index (κ3) is 3.87. The maximum Gasteiger partial charge on any atom is 0.227 e. The summed E-state index contributed by atoms with van der Waals surface area (Å²) in [6, 6.07) is 8.63. The third-order valence-corrected chi connectivity index (χ3v) is 8.32. The van der Waals surface area contributed by atoms with E-state index in [4.69, 9.17) is 9.97 Å². The zero-order chi connectivity index (χ0) is 20.0. The van der Waals surface area contributed by atoms with Gasteiger partial charge in [-0.1, -0.05) is 28.1 Å². The molecule has 2 aliphatic heterocycles. The van der Waals surface area contributed by atoms with Crippen molar-refractivity contribution in [3.63, 3.8) is 0 Å². The highest BCUT2D eigenvalue weighted by molar-refractivity contribution is 9.10. The van der Waals surface area contributed by atoms with E-state index in [2.05, 4.69) is 50.4 Å². The van der Waals surface area contributed by atoms with Crippen LogP contribution in [0.15, 0.2) is 33.6 Å². The number of benzene rings is 1. The molecule has 1 saturated heterocycles. The van der Waals surface area contributed by atoms with Gasteiger partial charge >= 0.3 is 0 Å². The van der Waals surface area contributed by atoms with Crippen molar-refractivity contribution >= 4 is 38.9 Å². The molecule has 3 heterocycles. The van der Waals surface area contributed by atoms with Crippen molar-refractivity contribution in [1.82, 2.24) is 9.97 Å². The number of hydrogen-bond donors (Lipinski definition) is 2. The van der Waals surface area contributed by atoms with Crippen LogP contribution in [-0.4, -0.2) is 50.6 Å². The minimum atomic E-state index is -1.06. The van der Waals surface area contributed by atoms with Crippen molar-refractivity contribution in [2.75, 3.05) is 35.7 Å². The second-order valence-corrected chi connectivity index (χ2v) is 10.7. The minimum Gasteiger partial charge on any atom is -0.611 e. The fourth-order valence-electron chi connectivity index (χ4n) is 4.28. The van der Waals surface area contributed by atoms with Crippen molar-refractivity contribution in [2.24, 2.45) is 0 Å². The Labute approximate surface area is 182 Å². The molecule has 2 aromatic rings. The van der Waals surface area contributed by atoms with Gasteiger partial charge < -0.3 is 19.9 Å². The zero-order valence-electron chi connectivity index (χ0n) is 16.2. The average molecular weight is 477 g/mol. The van der Waals surface area contributed by atoms with Crippen LogP contribution >= 0.6 is 15.9 Å². The molecule has 1 saturated carbocycles. The van der Waals surface area contributed by atoms with E-state index >= 15 is 0 Å². The first-order valence-electron chi connectivity index (χ1n) is 10.3. The zero-order valence-corrected chi connectivity index (χ0v) is 18.6. The van der Waals surface area contributed by atoms with Gasteiger partial charge in [0.1, 0.15) is 11.4 Å². The molecular weight excluding hydrogens is 452 g/mol. The van der Waals surface area contributed by atoms with Crippen LogP contribution in [0.1, 0.15) is 42.9 Å². The van der Waals surface area contributed by atoms with E-state index < -0.39 is 11.2 Å². The fourth-order valence-corrected chi connectivity index (χ4v) is 5.85. The molecule has 5 rings (SSSR count). The quantitative estimate of drug-likeness (QED) is 0.644. The molecule has 1 atom stereocenters. The number of aryl methyl sites for hydroxylation is 1. The van der Waals surface area contributed by atoms with E-state index in [-0.39, 0.29) is 12.1 Å². The number of aliphatic hydroxyl groups excluding tert-OH is 1. The SMILES string of the molecule is [O-][S+]1CCc2nc(N3CCC(c4ccc(Br)cc4)CC3)nc(NC3(CO)CC3)c21. The van der Waals surface area contributed by atoms with Crippen molar-refractivity contribution in [2.45, 2.75) is 48.5 Å². The van der Waals surface area contributed by atoms with Crippen LogP contribution in [0.2, 0.25) is 0 Å². The van der Waals surface area contributed by atoms with E-state index in [1.807, 2.05) is 0 Å². The summed E-state index contributed by atoms with van der Waals surface area (Å²) in [5, 5.41) is 13.1. The normalized spacial score (nSPS) is 23.1. The highest BCUT2D eigenvalue weighted by Crippen LogP contribution is 2.42. The van der Waals surface area contributed by atoms with E-state index in [0.29, 0.717) is 17.5 Å². The lowest BCUT2D eigenvalue weighted by Crippen LogP contribution is -2.35. The monoisotopic (exact) mass is 476 g/mol. The van der Waals surface area contributed by atoms with Crippen molar-refractivity contribution in [1.29, 1.82) is 0 Å². The Morgan fingerprint density at radius 1 is 1.21 bits per heavy atom. The Hall–Kier alpha value is -1.35. The van der Waals surface area contributed by atoms with Crippen LogP contribution in [0.4, 0.5) is 11.8 Å². The predicted molar refractivity (Wildman–Crippen MR) is 118 cm³/mol.